The molecule has 0 spiro atoms. The van der Waals surface area contributed by atoms with Gasteiger partial charge in [-0.15, -0.1) is 0 Å². The van der Waals surface area contributed by atoms with Crippen molar-refractivity contribution in [3.8, 4) is 0 Å². The fourth-order valence-corrected chi connectivity index (χ4v) is 1.80. The fraction of sp³-hybridized carbons (Fsp3) is 0.312. The van der Waals surface area contributed by atoms with E-state index >= 15 is 0 Å². The lowest BCUT2D eigenvalue weighted by Gasteiger charge is -2.15. The van der Waals surface area contributed by atoms with E-state index in [-0.39, 0.29) is 5.57 Å². The van der Waals surface area contributed by atoms with Crippen LogP contribution in [-0.4, -0.2) is 31.6 Å². The molecule has 0 radical (unpaired) electrons. The molecule has 1 rings (SSSR count). The summed E-state index contributed by atoms with van der Waals surface area (Å²) >= 11 is 0. The van der Waals surface area contributed by atoms with Crippen LogP contribution in [0.2, 0.25) is 0 Å². The summed E-state index contributed by atoms with van der Waals surface area (Å²) in [5.74, 6) is -0.503. The van der Waals surface area contributed by atoms with Gasteiger partial charge >= 0.3 is 5.97 Å². The number of carbonyl (C=O) groups is 1. The molecule has 4 heteroatoms. The monoisotopic (exact) mass is 274 g/mol. The van der Waals surface area contributed by atoms with Crippen LogP contribution in [0.5, 0.6) is 0 Å². The minimum atomic E-state index is -0.503. The van der Waals surface area contributed by atoms with E-state index in [1.807, 2.05) is 30.1 Å². The summed E-state index contributed by atoms with van der Waals surface area (Å²) in [6.07, 6.45) is 3.73. The SMILES string of the molecule is C=C(C(=O)OC)/C(N)=C\N(C)CCCc1ccccc1. The third kappa shape index (κ3) is 5.18. The first-order chi connectivity index (χ1) is 9.54. The summed E-state index contributed by atoms with van der Waals surface area (Å²) in [4.78, 5) is 13.2. The van der Waals surface area contributed by atoms with Gasteiger partial charge in [0.25, 0.3) is 0 Å². The summed E-state index contributed by atoms with van der Waals surface area (Å²) < 4.78 is 4.58. The van der Waals surface area contributed by atoms with Crippen molar-refractivity contribution in [2.24, 2.45) is 5.73 Å². The quantitative estimate of drug-likeness (QED) is 0.470. The first kappa shape index (κ1) is 15.8. The van der Waals surface area contributed by atoms with Crippen LogP contribution >= 0.6 is 0 Å². The Balaban J connectivity index is 2.41. The number of carbonyl (C=O) groups excluding carboxylic acids is 1. The highest BCUT2D eigenvalue weighted by molar-refractivity contribution is 5.92. The Morgan fingerprint density at radius 1 is 1.40 bits per heavy atom. The van der Waals surface area contributed by atoms with Gasteiger partial charge in [0.05, 0.1) is 18.4 Å². The summed E-state index contributed by atoms with van der Waals surface area (Å²) in [6.45, 7) is 4.46. The Labute approximate surface area is 120 Å². The number of rotatable bonds is 7. The molecular weight excluding hydrogens is 252 g/mol. The van der Waals surface area contributed by atoms with Gasteiger partial charge in [-0.2, -0.15) is 0 Å². The number of hydrogen-bond donors (Lipinski definition) is 1. The summed E-state index contributed by atoms with van der Waals surface area (Å²) in [7, 11) is 3.23. The maximum atomic E-state index is 11.3. The van der Waals surface area contributed by atoms with E-state index in [1.54, 1.807) is 6.20 Å². The highest BCUT2D eigenvalue weighted by Gasteiger charge is 2.09. The van der Waals surface area contributed by atoms with Gasteiger partial charge in [0.15, 0.2) is 0 Å². The predicted octanol–water partition coefficient (Wildman–Crippen LogP) is 2.08. The average molecular weight is 274 g/mol. The van der Waals surface area contributed by atoms with Gasteiger partial charge in [0.1, 0.15) is 0 Å². The molecule has 0 unspecified atom stereocenters. The molecule has 0 aliphatic carbocycles. The van der Waals surface area contributed by atoms with E-state index in [2.05, 4.69) is 23.4 Å². The number of aryl methyl sites for hydroxylation is 1. The highest BCUT2D eigenvalue weighted by Crippen LogP contribution is 2.06. The predicted molar refractivity (Wildman–Crippen MR) is 80.8 cm³/mol. The largest absolute Gasteiger partial charge is 0.465 e. The Kier molecular flexibility index (Phi) is 6.37. The van der Waals surface area contributed by atoms with Crippen LogP contribution in [0.1, 0.15) is 12.0 Å². The summed E-state index contributed by atoms with van der Waals surface area (Å²) in [5, 5.41) is 0. The van der Waals surface area contributed by atoms with Crippen molar-refractivity contribution in [1.29, 1.82) is 0 Å². The molecule has 20 heavy (non-hydrogen) atoms. The molecule has 0 bridgehead atoms. The summed E-state index contributed by atoms with van der Waals surface area (Å²) in [5.41, 5.74) is 7.63. The molecule has 4 nitrogen and oxygen atoms in total. The minimum absolute atomic E-state index is 0.183. The number of hydrogen-bond acceptors (Lipinski definition) is 4. The molecule has 1 aromatic rings. The fourth-order valence-electron chi connectivity index (χ4n) is 1.80. The Bertz CT molecular complexity index is 481. The first-order valence-electron chi connectivity index (χ1n) is 6.53. The zero-order chi connectivity index (χ0) is 15.0. The number of methoxy groups -OCH3 is 1. The Morgan fingerprint density at radius 3 is 2.65 bits per heavy atom. The molecule has 0 fully saturated rings. The lowest BCUT2D eigenvalue weighted by atomic mass is 10.1. The van der Waals surface area contributed by atoms with Crippen molar-refractivity contribution >= 4 is 5.97 Å². The van der Waals surface area contributed by atoms with E-state index in [9.17, 15) is 4.79 Å². The molecule has 0 heterocycles. The molecule has 0 atom stereocenters. The number of ether oxygens (including phenoxy) is 1. The minimum Gasteiger partial charge on any atom is -0.465 e. The van der Waals surface area contributed by atoms with Crippen molar-refractivity contribution in [3.05, 3.63) is 59.9 Å². The van der Waals surface area contributed by atoms with Gasteiger partial charge in [-0.1, -0.05) is 36.9 Å². The molecule has 0 aliphatic heterocycles. The zero-order valence-corrected chi connectivity index (χ0v) is 12.1. The third-order valence-corrected chi connectivity index (χ3v) is 2.96. The smallest absolute Gasteiger partial charge is 0.339 e. The second-order valence-corrected chi connectivity index (χ2v) is 4.62. The molecule has 0 amide bonds. The van der Waals surface area contributed by atoms with Crippen molar-refractivity contribution in [1.82, 2.24) is 4.90 Å². The lowest BCUT2D eigenvalue weighted by Crippen LogP contribution is -2.19. The van der Waals surface area contributed by atoms with Gasteiger partial charge in [0.2, 0.25) is 0 Å². The molecule has 108 valence electrons. The van der Waals surface area contributed by atoms with Crippen molar-refractivity contribution < 1.29 is 9.53 Å². The number of esters is 1. The van der Waals surface area contributed by atoms with Gasteiger partial charge in [-0.3, -0.25) is 0 Å². The van der Waals surface area contributed by atoms with Crippen LogP contribution < -0.4 is 5.73 Å². The van der Waals surface area contributed by atoms with Gasteiger partial charge in [0, 0.05) is 19.8 Å². The van der Waals surface area contributed by atoms with Gasteiger partial charge in [-0.25, -0.2) is 4.79 Å². The van der Waals surface area contributed by atoms with Gasteiger partial charge in [-0.05, 0) is 18.4 Å². The number of benzene rings is 1. The highest BCUT2D eigenvalue weighted by atomic mass is 16.5. The third-order valence-electron chi connectivity index (χ3n) is 2.96. The summed E-state index contributed by atoms with van der Waals surface area (Å²) in [6, 6.07) is 10.3. The van der Waals surface area contributed by atoms with Crippen molar-refractivity contribution in [3.63, 3.8) is 0 Å². The van der Waals surface area contributed by atoms with Crippen molar-refractivity contribution in [2.75, 3.05) is 20.7 Å². The van der Waals surface area contributed by atoms with Crippen LogP contribution in [-0.2, 0) is 16.0 Å². The van der Waals surface area contributed by atoms with Gasteiger partial charge < -0.3 is 15.4 Å². The Morgan fingerprint density at radius 2 is 2.05 bits per heavy atom. The maximum absolute atomic E-state index is 11.3. The van der Waals surface area contributed by atoms with E-state index in [0.29, 0.717) is 5.70 Å². The standard InChI is InChI=1S/C16H22N2O2/c1-13(16(19)20-3)15(17)12-18(2)11-7-10-14-8-5-4-6-9-14/h4-6,8-9,12H,1,7,10-11,17H2,2-3H3/b15-12+. The van der Waals surface area contributed by atoms with Crippen LogP contribution in [0, 0.1) is 0 Å². The second kappa shape index (κ2) is 8.04. The number of nitrogens with two attached hydrogens (primary N) is 1. The zero-order valence-electron chi connectivity index (χ0n) is 12.1. The van der Waals surface area contributed by atoms with Crippen LogP contribution in [0.4, 0.5) is 0 Å². The van der Waals surface area contributed by atoms with Crippen molar-refractivity contribution in [2.45, 2.75) is 12.8 Å². The first-order valence-corrected chi connectivity index (χ1v) is 6.53. The Hall–Kier alpha value is -2.23. The lowest BCUT2D eigenvalue weighted by molar-refractivity contribution is -0.135. The topological polar surface area (TPSA) is 55.6 Å². The second-order valence-electron chi connectivity index (χ2n) is 4.62. The molecule has 1 aromatic carbocycles. The van der Waals surface area contributed by atoms with Crippen LogP contribution in [0.25, 0.3) is 0 Å². The average Bonchev–Trinajstić information content (AvgIpc) is 2.46. The normalized spacial score (nSPS) is 11.0. The van der Waals surface area contributed by atoms with E-state index in [1.165, 1.54) is 12.7 Å². The maximum Gasteiger partial charge on any atom is 0.339 e. The van der Waals surface area contributed by atoms with E-state index < -0.39 is 5.97 Å². The molecule has 0 saturated carbocycles. The van der Waals surface area contributed by atoms with E-state index in [4.69, 9.17) is 5.73 Å². The number of nitrogens with zero attached hydrogens (tertiary/aromatic N) is 1. The van der Waals surface area contributed by atoms with E-state index in [0.717, 1.165) is 19.4 Å². The molecule has 0 aliphatic rings. The molecular formula is C16H22N2O2. The molecule has 0 saturated heterocycles. The molecule has 2 N–H and O–H groups in total. The molecule has 0 aromatic heterocycles. The van der Waals surface area contributed by atoms with Crippen LogP contribution in [0.3, 0.4) is 0 Å². The van der Waals surface area contributed by atoms with Crippen LogP contribution in [0.15, 0.2) is 54.4 Å².